The molecule has 0 spiro atoms. The van der Waals surface area contributed by atoms with Crippen LogP contribution in [0.25, 0.3) is 0 Å². The summed E-state index contributed by atoms with van der Waals surface area (Å²) in [5, 5.41) is 6.27. The molecule has 0 aliphatic rings. The van der Waals surface area contributed by atoms with Gasteiger partial charge >= 0.3 is 0 Å². The average Bonchev–Trinajstić information content (AvgIpc) is 2.62. The summed E-state index contributed by atoms with van der Waals surface area (Å²) in [5.41, 5.74) is 9.36. The molecule has 5 nitrogen and oxygen atoms in total. The van der Waals surface area contributed by atoms with Gasteiger partial charge in [0.1, 0.15) is 5.82 Å². The van der Waals surface area contributed by atoms with Crippen LogP contribution in [0, 0.1) is 13.8 Å². The second-order valence-electron chi connectivity index (χ2n) is 6.23. The van der Waals surface area contributed by atoms with Crippen molar-refractivity contribution in [1.29, 1.82) is 0 Å². The molecule has 0 aliphatic heterocycles. The third-order valence-corrected chi connectivity index (χ3v) is 4.33. The highest BCUT2D eigenvalue weighted by molar-refractivity contribution is 5.99. The lowest BCUT2D eigenvalue weighted by Crippen LogP contribution is -2.25. The topological polar surface area (TPSA) is 80.0 Å². The number of hydrogen-bond acceptors (Lipinski definition) is 4. The van der Waals surface area contributed by atoms with E-state index < -0.39 is 0 Å². The monoisotopic (exact) mass is 340 g/mol. The fraction of sp³-hybridized carbons (Fsp3) is 0.400. The Bertz CT molecular complexity index is 700. The molecule has 0 saturated heterocycles. The van der Waals surface area contributed by atoms with Crippen LogP contribution in [0.1, 0.15) is 47.2 Å². The van der Waals surface area contributed by atoms with Crippen molar-refractivity contribution in [3.8, 4) is 0 Å². The number of rotatable bonds is 9. The zero-order valence-electron chi connectivity index (χ0n) is 15.1. The van der Waals surface area contributed by atoms with E-state index in [4.69, 9.17) is 5.73 Å². The van der Waals surface area contributed by atoms with Gasteiger partial charge in [-0.2, -0.15) is 0 Å². The number of nitrogens with zero attached hydrogens (tertiary/aromatic N) is 1. The fourth-order valence-corrected chi connectivity index (χ4v) is 2.62. The van der Waals surface area contributed by atoms with Crippen LogP contribution in [-0.2, 0) is 0 Å². The van der Waals surface area contributed by atoms with Crippen LogP contribution in [0.2, 0.25) is 0 Å². The van der Waals surface area contributed by atoms with Gasteiger partial charge in [-0.3, -0.25) is 4.79 Å². The van der Waals surface area contributed by atoms with E-state index in [-0.39, 0.29) is 5.91 Å². The third-order valence-electron chi connectivity index (χ3n) is 4.33. The number of hydrogen-bond donors (Lipinski definition) is 3. The fourth-order valence-electron chi connectivity index (χ4n) is 2.62. The molecule has 0 aliphatic carbocycles. The number of anilines is 2. The highest BCUT2D eigenvalue weighted by Gasteiger charge is 2.13. The molecule has 2 aromatic rings. The molecule has 2 rings (SSSR count). The normalized spacial score (nSPS) is 10.5. The Hall–Kier alpha value is -2.40. The molecule has 0 bridgehead atoms. The number of amides is 1. The minimum absolute atomic E-state index is 0.0975. The van der Waals surface area contributed by atoms with Gasteiger partial charge in [-0.25, -0.2) is 4.98 Å². The first-order valence-corrected chi connectivity index (χ1v) is 8.90. The largest absolute Gasteiger partial charge is 0.352 e. The number of carbonyl (C=O) groups is 1. The summed E-state index contributed by atoms with van der Waals surface area (Å²) in [7, 11) is 0. The van der Waals surface area contributed by atoms with Crippen molar-refractivity contribution in [3.63, 3.8) is 0 Å². The second-order valence-corrected chi connectivity index (χ2v) is 6.23. The Morgan fingerprint density at radius 2 is 1.88 bits per heavy atom. The van der Waals surface area contributed by atoms with E-state index in [9.17, 15) is 4.79 Å². The van der Waals surface area contributed by atoms with E-state index in [0.29, 0.717) is 17.9 Å². The van der Waals surface area contributed by atoms with Gasteiger partial charge < -0.3 is 16.4 Å². The van der Waals surface area contributed by atoms with Gasteiger partial charge in [-0.15, -0.1) is 0 Å². The number of aryl methyl sites for hydroxylation is 1. The Labute approximate surface area is 150 Å². The van der Waals surface area contributed by atoms with E-state index in [1.54, 1.807) is 18.3 Å². The molecule has 4 N–H and O–H groups in total. The maximum atomic E-state index is 12.5. The van der Waals surface area contributed by atoms with Crippen LogP contribution in [0.4, 0.5) is 11.5 Å². The van der Waals surface area contributed by atoms with Gasteiger partial charge in [0.25, 0.3) is 5.91 Å². The Kier molecular flexibility index (Phi) is 7.41. The minimum Gasteiger partial charge on any atom is -0.352 e. The van der Waals surface area contributed by atoms with Gasteiger partial charge in [0.05, 0.1) is 5.56 Å². The van der Waals surface area contributed by atoms with E-state index in [0.717, 1.165) is 43.5 Å². The van der Waals surface area contributed by atoms with Crippen molar-refractivity contribution in [2.75, 3.05) is 18.4 Å². The molecule has 1 aromatic heterocycles. The van der Waals surface area contributed by atoms with Crippen molar-refractivity contribution < 1.29 is 4.79 Å². The molecule has 1 heterocycles. The first-order chi connectivity index (χ1) is 12.1. The van der Waals surface area contributed by atoms with Gasteiger partial charge in [0, 0.05) is 18.4 Å². The number of nitrogens with two attached hydrogens (primary N) is 1. The van der Waals surface area contributed by atoms with E-state index in [1.807, 2.05) is 12.1 Å². The van der Waals surface area contributed by atoms with Crippen molar-refractivity contribution >= 4 is 17.4 Å². The van der Waals surface area contributed by atoms with Crippen molar-refractivity contribution in [2.24, 2.45) is 5.73 Å². The predicted molar refractivity (Wildman–Crippen MR) is 103 cm³/mol. The van der Waals surface area contributed by atoms with Crippen LogP contribution >= 0.6 is 0 Å². The molecule has 1 aromatic carbocycles. The van der Waals surface area contributed by atoms with Crippen LogP contribution in [0.15, 0.2) is 36.5 Å². The van der Waals surface area contributed by atoms with Crippen molar-refractivity contribution in [1.82, 2.24) is 10.3 Å². The molecule has 0 atom stereocenters. The summed E-state index contributed by atoms with van der Waals surface area (Å²) >= 11 is 0. The predicted octanol–water partition coefficient (Wildman–Crippen LogP) is 3.69. The summed E-state index contributed by atoms with van der Waals surface area (Å²) in [6.07, 6.45) is 5.89. The molecule has 0 saturated carbocycles. The van der Waals surface area contributed by atoms with Crippen LogP contribution in [0.3, 0.4) is 0 Å². The van der Waals surface area contributed by atoms with Crippen molar-refractivity contribution in [3.05, 3.63) is 53.2 Å². The number of aromatic nitrogens is 1. The lowest BCUT2D eigenvalue weighted by molar-refractivity contribution is 0.0953. The summed E-state index contributed by atoms with van der Waals surface area (Å²) in [4.78, 5) is 16.8. The lowest BCUT2D eigenvalue weighted by Gasteiger charge is -2.14. The number of pyridine rings is 1. The maximum Gasteiger partial charge on any atom is 0.255 e. The van der Waals surface area contributed by atoms with Crippen LogP contribution in [-0.4, -0.2) is 24.0 Å². The van der Waals surface area contributed by atoms with Crippen LogP contribution < -0.4 is 16.4 Å². The lowest BCUT2D eigenvalue weighted by atomic mass is 10.1. The van der Waals surface area contributed by atoms with Gasteiger partial charge in [0.15, 0.2) is 0 Å². The van der Waals surface area contributed by atoms with E-state index >= 15 is 0 Å². The molecule has 134 valence electrons. The maximum absolute atomic E-state index is 12.5. The molecule has 0 fully saturated rings. The zero-order chi connectivity index (χ0) is 18.1. The molecular weight excluding hydrogens is 312 g/mol. The molecule has 25 heavy (non-hydrogen) atoms. The average molecular weight is 340 g/mol. The van der Waals surface area contributed by atoms with Gasteiger partial charge in [0.2, 0.25) is 0 Å². The molecule has 0 unspecified atom stereocenters. The summed E-state index contributed by atoms with van der Waals surface area (Å²) in [5.74, 6) is 0.483. The first-order valence-electron chi connectivity index (χ1n) is 8.90. The second kappa shape index (κ2) is 9.79. The van der Waals surface area contributed by atoms with E-state index in [1.165, 1.54) is 5.56 Å². The molecule has 0 radical (unpaired) electrons. The number of carbonyl (C=O) groups excluding carboxylic acids is 1. The Morgan fingerprint density at radius 3 is 2.68 bits per heavy atom. The van der Waals surface area contributed by atoms with Gasteiger partial charge in [-0.1, -0.05) is 25.0 Å². The quantitative estimate of drug-likeness (QED) is 0.608. The SMILES string of the molecule is Cc1cccc(Nc2ncccc2C(=O)NCCCCCCN)c1C. The highest BCUT2D eigenvalue weighted by atomic mass is 16.1. The van der Waals surface area contributed by atoms with Crippen molar-refractivity contribution in [2.45, 2.75) is 39.5 Å². The zero-order valence-corrected chi connectivity index (χ0v) is 15.1. The third kappa shape index (κ3) is 5.57. The summed E-state index contributed by atoms with van der Waals surface area (Å²) < 4.78 is 0. The molecule has 5 heteroatoms. The minimum atomic E-state index is -0.0975. The standard InChI is InChI=1S/C20H28N4O/c1-15-9-7-11-18(16(15)2)24-19-17(10-8-14-22-19)20(25)23-13-6-4-3-5-12-21/h7-11,14H,3-6,12-13,21H2,1-2H3,(H,22,24)(H,23,25). The van der Waals surface area contributed by atoms with E-state index in [2.05, 4.69) is 35.5 Å². The smallest absolute Gasteiger partial charge is 0.255 e. The van der Waals surface area contributed by atoms with Gasteiger partial charge in [-0.05, 0) is 62.6 Å². The number of benzene rings is 1. The summed E-state index contributed by atoms with van der Waals surface area (Å²) in [6.45, 7) is 5.52. The molecular formula is C20H28N4O. The Morgan fingerprint density at radius 1 is 1.08 bits per heavy atom. The number of unbranched alkanes of at least 4 members (excludes halogenated alkanes) is 3. The first kappa shape index (κ1) is 18.9. The highest BCUT2D eigenvalue weighted by Crippen LogP contribution is 2.23. The Balaban J connectivity index is 2.00. The van der Waals surface area contributed by atoms with Crippen LogP contribution in [0.5, 0.6) is 0 Å². The number of nitrogens with one attached hydrogen (secondary N) is 2. The summed E-state index contributed by atoms with van der Waals surface area (Å²) in [6, 6.07) is 9.64. The molecule has 1 amide bonds.